The molecule has 1 fully saturated rings. The van der Waals surface area contributed by atoms with Crippen molar-refractivity contribution in [2.75, 3.05) is 26.4 Å². The average Bonchev–Trinajstić information content (AvgIpc) is 3.24. The Morgan fingerprint density at radius 1 is 0.613 bits per heavy atom. The second-order valence-corrected chi connectivity index (χ2v) is 18.1. The summed E-state index contributed by atoms with van der Waals surface area (Å²) in [6, 6.07) is 0. The first kappa shape index (κ1) is 58.3. The number of unbranched alkanes of at least 4 members (excludes halogenated alkanes) is 24. The molecule has 0 bridgehead atoms. The molecule has 0 aliphatic carbocycles. The van der Waals surface area contributed by atoms with Crippen LogP contribution in [0.15, 0.2) is 36.5 Å². The molecule has 12 nitrogen and oxygen atoms in total. The summed E-state index contributed by atoms with van der Waals surface area (Å²) < 4.78 is 59.1. The van der Waals surface area contributed by atoms with Crippen LogP contribution in [-0.4, -0.2) is 97.5 Å². The minimum absolute atomic E-state index is 0.0331. The highest BCUT2D eigenvalue weighted by molar-refractivity contribution is 7.80. The van der Waals surface area contributed by atoms with Crippen LogP contribution < -0.4 is 0 Å². The van der Waals surface area contributed by atoms with Gasteiger partial charge in [0.05, 0.1) is 19.8 Å². The highest BCUT2D eigenvalue weighted by Gasteiger charge is 2.48. The summed E-state index contributed by atoms with van der Waals surface area (Å²) in [4.78, 5) is 12.9. The molecule has 1 heterocycles. The predicted molar refractivity (Wildman–Crippen MR) is 248 cm³/mol. The SMILES string of the molecule is CCCCCCC/C=C\C/C=C\C/C=C\CCCCCCCCC(=O)OC(COCCCCCCCCCCCCCCCC)COC1OC(CO)C(O)C(OS(=O)(=O)O)C1O. The van der Waals surface area contributed by atoms with Crippen LogP contribution in [0.5, 0.6) is 0 Å². The number of aliphatic hydroxyl groups excluding tert-OH is 3. The smallest absolute Gasteiger partial charge is 0.397 e. The Kier molecular flexibility index (Phi) is 38.4. The summed E-state index contributed by atoms with van der Waals surface area (Å²) in [5.41, 5.74) is 0. The van der Waals surface area contributed by atoms with E-state index in [0.717, 1.165) is 70.6 Å². The second-order valence-electron chi connectivity index (χ2n) is 17.1. The third-order valence-electron chi connectivity index (χ3n) is 11.3. The van der Waals surface area contributed by atoms with E-state index in [1.54, 1.807) is 0 Å². The summed E-state index contributed by atoms with van der Waals surface area (Å²) in [5.74, 6) is -0.409. The van der Waals surface area contributed by atoms with Crippen LogP contribution >= 0.6 is 0 Å². The largest absolute Gasteiger partial charge is 0.457 e. The molecule has 6 unspecified atom stereocenters. The van der Waals surface area contributed by atoms with Crippen LogP contribution in [0, 0.1) is 0 Å². The summed E-state index contributed by atoms with van der Waals surface area (Å²) in [7, 11) is -5.06. The zero-order valence-corrected chi connectivity index (χ0v) is 39.7. The molecule has 0 radical (unpaired) electrons. The molecule has 0 aromatic carbocycles. The van der Waals surface area contributed by atoms with Gasteiger partial charge in [-0.3, -0.25) is 9.35 Å². The lowest BCUT2D eigenvalue weighted by molar-refractivity contribution is -0.301. The normalized spacial score (nSPS) is 20.3. The molecule has 6 atom stereocenters. The van der Waals surface area contributed by atoms with Crippen molar-refractivity contribution in [3.63, 3.8) is 0 Å². The fourth-order valence-corrected chi connectivity index (χ4v) is 8.01. The van der Waals surface area contributed by atoms with E-state index in [1.165, 1.54) is 109 Å². The van der Waals surface area contributed by atoms with Crippen molar-refractivity contribution in [1.82, 2.24) is 0 Å². The highest BCUT2D eigenvalue weighted by Crippen LogP contribution is 2.26. The molecule has 0 amide bonds. The number of ether oxygens (including phenoxy) is 4. The number of rotatable bonds is 43. The van der Waals surface area contributed by atoms with Crippen molar-refractivity contribution in [2.45, 2.75) is 243 Å². The van der Waals surface area contributed by atoms with Crippen LogP contribution in [0.4, 0.5) is 0 Å². The average molecular weight is 903 g/mol. The quantitative estimate of drug-likeness (QED) is 0.0197. The molecule has 62 heavy (non-hydrogen) atoms. The second kappa shape index (κ2) is 40.8. The lowest BCUT2D eigenvalue weighted by Crippen LogP contribution is -2.60. The Labute approximate surface area is 377 Å². The Balaban J connectivity index is 2.39. The minimum atomic E-state index is -5.06. The molecule has 1 aliphatic heterocycles. The molecule has 0 spiro atoms. The zero-order valence-electron chi connectivity index (χ0n) is 38.9. The Morgan fingerprint density at radius 3 is 1.55 bits per heavy atom. The summed E-state index contributed by atoms with van der Waals surface area (Å²) in [6.07, 6.45) is 38.8. The van der Waals surface area contributed by atoms with E-state index >= 15 is 0 Å². The predicted octanol–water partition coefficient (Wildman–Crippen LogP) is 11.0. The molecule has 0 saturated carbocycles. The number of esters is 1. The van der Waals surface area contributed by atoms with Crippen LogP contribution in [0.3, 0.4) is 0 Å². The molecule has 4 N–H and O–H groups in total. The number of hydrogen-bond acceptors (Lipinski definition) is 11. The van der Waals surface area contributed by atoms with Crippen molar-refractivity contribution in [2.24, 2.45) is 0 Å². The number of carbonyl (C=O) groups is 1. The standard InChI is InChI=1S/C49H90O12S/c1-3-5-7-9-11-13-15-17-19-20-21-22-23-24-25-26-28-30-32-34-36-38-45(51)59-43(41-57-39-37-35-33-31-29-27-18-16-14-12-10-8-6-4-2)42-58-49-47(53)48(61-62(54,55)56)46(52)44(40-50)60-49/h15,17,20-21,23-24,43-44,46-50,52-53H,3-14,16,18-19,22,25-42H2,1-2H3,(H,54,55,56)/b17-15-,21-20-,24-23-. The Hall–Kier alpha value is -1.68. The van der Waals surface area contributed by atoms with Gasteiger partial charge in [-0.1, -0.05) is 185 Å². The Bertz CT molecular complexity index is 1230. The van der Waals surface area contributed by atoms with Gasteiger partial charge in [-0.2, -0.15) is 8.42 Å². The van der Waals surface area contributed by atoms with E-state index < -0.39 is 59.8 Å². The van der Waals surface area contributed by atoms with Crippen molar-refractivity contribution in [1.29, 1.82) is 0 Å². The third kappa shape index (κ3) is 33.8. The Morgan fingerprint density at radius 2 is 1.06 bits per heavy atom. The first-order valence-electron chi connectivity index (χ1n) is 24.7. The maximum absolute atomic E-state index is 12.9. The summed E-state index contributed by atoms with van der Waals surface area (Å²) in [5, 5.41) is 30.7. The molecular formula is C49H90O12S. The maximum atomic E-state index is 12.9. The summed E-state index contributed by atoms with van der Waals surface area (Å²) in [6.45, 7) is 3.98. The monoisotopic (exact) mass is 903 g/mol. The van der Waals surface area contributed by atoms with Crippen LogP contribution in [-0.2, 0) is 38.3 Å². The molecule has 364 valence electrons. The van der Waals surface area contributed by atoms with Gasteiger partial charge >= 0.3 is 16.4 Å². The van der Waals surface area contributed by atoms with Gasteiger partial charge in [0.2, 0.25) is 0 Å². The van der Waals surface area contributed by atoms with Gasteiger partial charge in [-0.25, -0.2) is 4.18 Å². The van der Waals surface area contributed by atoms with Crippen LogP contribution in [0.25, 0.3) is 0 Å². The van der Waals surface area contributed by atoms with Crippen LogP contribution in [0.2, 0.25) is 0 Å². The molecule has 1 aliphatic rings. The fourth-order valence-electron chi connectivity index (χ4n) is 7.50. The third-order valence-corrected chi connectivity index (χ3v) is 11.7. The molecule has 0 aromatic rings. The van der Waals surface area contributed by atoms with Crippen molar-refractivity contribution < 1.29 is 56.2 Å². The first-order chi connectivity index (χ1) is 30.1. The molecule has 13 heteroatoms. The number of allylic oxidation sites excluding steroid dienone is 6. The highest BCUT2D eigenvalue weighted by atomic mass is 32.3. The molecule has 1 saturated heterocycles. The lowest BCUT2D eigenvalue weighted by Gasteiger charge is -2.41. The van der Waals surface area contributed by atoms with Gasteiger partial charge < -0.3 is 34.3 Å². The molecule has 1 rings (SSSR count). The van der Waals surface area contributed by atoms with Gasteiger partial charge in [0.1, 0.15) is 30.5 Å². The van der Waals surface area contributed by atoms with Crippen molar-refractivity contribution in [3.8, 4) is 0 Å². The van der Waals surface area contributed by atoms with Gasteiger partial charge in [0.15, 0.2) is 6.29 Å². The number of hydrogen-bond donors (Lipinski definition) is 4. The van der Waals surface area contributed by atoms with E-state index in [2.05, 4.69) is 54.5 Å². The van der Waals surface area contributed by atoms with E-state index in [0.29, 0.717) is 13.0 Å². The van der Waals surface area contributed by atoms with Crippen molar-refractivity contribution >= 4 is 16.4 Å². The first-order valence-corrected chi connectivity index (χ1v) is 26.1. The fraction of sp³-hybridized carbons (Fsp3) is 0.857. The zero-order chi connectivity index (χ0) is 45.4. The van der Waals surface area contributed by atoms with E-state index in [1.807, 2.05) is 0 Å². The summed E-state index contributed by atoms with van der Waals surface area (Å²) >= 11 is 0. The lowest BCUT2D eigenvalue weighted by atomic mass is 9.99. The number of carbonyl (C=O) groups excluding carboxylic acids is 1. The van der Waals surface area contributed by atoms with Gasteiger partial charge in [0.25, 0.3) is 0 Å². The van der Waals surface area contributed by atoms with Gasteiger partial charge in [0, 0.05) is 13.0 Å². The van der Waals surface area contributed by atoms with Gasteiger partial charge in [-0.15, -0.1) is 0 Å². The van der Waals surface area contributed by atoms with E-state index in [9.17, 15) is 33.1 Å². The maximum Gasteiger partial charge on any atom is 0.397 e. The van der Waals surface area contributed by atoms with Gasteiger partial charge in [-0.05, 0) is 51.4 Å². The van der Waals surface area contributed by atoms with E-state index in [4.69, 9.17) is 18.9 Å². The van der Waals surface area contributed by atoms with E-state index in [-0.39, 0.29) is 19.6 Å². The van der Waals surface area contributed by atoms with Crippen molar-refractivity contribution in [3.05, 3.63) is 36.5 Å². The van der Waals surface area contributed by atoms with Crippen LogP contribution in [0.1, 0.15) is 206 Å². The number of aliphatic hydroxyl groups is 3. The topological polar surface area (TPSA) is 178 Å². The molecule has 0 aromatic heterocycles. The minimum Gasteiger partial charge on any atom is -0.457 e. The molecular weight excluding hydrogens is 813 g/mol.